The molecule has 15 heavy (non-hydrogen) atoms. The molecule has 0 amide bonds. The minimum atomic E-state index is -1.36. The Morgan fingerprint density at radius 3 is 2.47 bits per heavy atom. The number of benzene rings is 1. The van der Waals surface area contributed by atoms with Crippen LogP contribution in [0.1, 0.15) is 18.1 Å². The van der Waals surface area contributed by atoms with Gasteiger partial charge in [0.1, 0.15) is 0 Å². The third kappa shape index (κ3) is 3.04. The van der Waals surface area contributed by atoms with E-state index in [1.165, 1.54) is 5.19 Å². The molecule has 0 saturated heterocycles. The fourth-order valence-electron chi connectivity index (χ4n) is 1.76. The van der Waals surface area contributed by atoms with Crippen LogP contribution in [0.5, 0.6) is 0 Å². The zero-order chi connectivity index (χ0) is 11.5. The molecule has 1 N–H and O–H groups in total. The molecular weight excluding hydrogens is 200 g/mol. The molecule has 0 spiro atoms. The van der Waals surface area contributed by atoms with Crippen molar-refractivity contribution in [2.45, 2.75) is 32.2 Å². The molecule has 0 radical (unpaired) electrons. The Morgan fingerprint density at radius 1 is 1.33 bits per heavy atom. The molecular formula is C13H20OSi. The molecule has 1 unspecified atom stereocenters. The normalized spacial score (nSPS) is 13.6. The Morgan fingerprint density at radius 2 is 1.93 bits per heavy atom. The molecule has 1 nitrogen and oxygen atoms in total. The summed E-state index contributed by atoms with van der Waals surface area (Å²) in [6.45, 7) is 10.6. The molecule has 0 saturated carbocycles. The average molecular weight is 220 g/mol. The van der Waals surface area contributed by atoms with E-state index >= 15 is 0 Å². The summed E-state index contributed by atoms with van der Waals surface area (Å²) in [6, 6.07) is 8.22. The molecule has 0 aliphatic carbocycles. The van der Waals surface area contributed by atoms with Gasteiger partial charge in [-0.3, -0.25) is 0 Å². The van der Waals surface area contributed by atoms with E-state index < -0.39 is 14.2 Å². The molecule has 1 aromatic rings. The first-order chi connectivity index (χ1) is 6.96. The fourth-order valence-corrected chi connectivity index (χ4v) is 3.47. The lowest BCUT2D eigenvalue weighted by atomic mass is 10.1. The Kier molecular flexibility index (Phi) is 3.88. The number of rotatable bonds is 4. The Hall–Kier alpha value is -0.863. The Balaban J connectivity index is 3.12. The molecule has 0 heterocycles. The van der Waals surface area contributed by atoms with Gasteiger partial charge < -0.3 is 5.11 Å². The van der Waals surface area contributed by atoms with Crippen molar-refractivity contribution in [1.29, 1.82) is 0 Å². The summed E-state index contributed by atoms with van der Waals surface area (Å²) in [5.74, 6) is 0. The van der Waals surface area contributed by atoms with Crippen molar-refractivity contribution in [3.8, 4) is 0 Å². The summed E-state index contributed by atoms with van der Waals surface area (Å²) in [5, 5.41) is 11.4. The quantitative estimate of drug-likeness (QED) is 0.611. The highest BCUT2D eigenvalue weighted by Gasteiger charge is 2.22. The van der Waals surface area contributed by atoms with E-state index in [9.17, 15) is 5.11 Å². The van der Waals surface area contributed by atoms with Crippen molar-refractivity contribution >= 4 is 13.3 Å². The monoisotopic (exact) mass is 220 g/mol. The molecule has 0 aliphatic rings. The first kappa shape index (κ1) is 12.2. The molecule has 0 fully saturated rings. The van der Waals surface area contributed by atoms with Crippen molar-refractivity contribution in [1.82, 2.24) is 0 Å². The predicted octanol–water partition coefficient (Wildman–Crippen LogP) is 2.84. The average Bonchev–Trinajstić information content (AvgIpc) is 2.17. The standard InChI is InChI=1S/C13H20OSi/c1-5-8-12(14)11-9-6-7-10-13(11)15(2,3)4/h5-7,9-10,12,14H,1,8H2,2-4H3. The van der Waals surface area contributed by atoms with Gasteiger partial charge in [0, 0.05) is 0 Å². The summed E-state index contributed by atoms with van der Waals surface area (Å²) >= 11 is 0. The smallest absolute Gasteiger partial charge is 0.0823 e. The van der Waals surface area contributed by atoms with Crippen molar-refractivity contribution < 1.29 is 5.11 Å². The van der Waals surface area contributed by atoms with Crippen LogP contribution >= 0.6 is 0 Å². The Labute approximate surface area is 93.5 Å². The van der Waals surface area contributed by atoms with E-state index in [0.29, 0.717) is 6.42 Å². The largest absolute Gasteiger partial charge is 0.388 e. The summed E-state index contributed by atoms with van der Waals surface area (Å²) < 4.78 is 0. The van der Waals surface area contributed by atoms with Gasteiger partial charge in [-0.1, -0.05) is 55.2 Å². The fraction of sp³-hybridized carbons (Fsp3) is 0.385. The number of aliphatic hydroxyl groups is 1. The van der Waals surface area contributed by atoms with Gasteiger partial charge in [0.05, 0.1) is 14.2 Å². The predicted molar refractivity (Wildman–Crippen MR) is 69.2 cm³/mol. The van der Waals surface area contributed by atoms with Crippen LogP contribution in [0.2, 0.25) is 19.6 Å². The highest BCUT2D eigenvalue weighted by atomic mass is 28.3. The first-order valence-corrected chi connectivity index (χ1v) is 8.85. The Bertz CT molecular complexity index is 339. The summed E-state index contributed by atoms with van der Waals surface area (Å²) in [5.41, 5.74) is 1.08. The molecule has 1 rings (SSSR count). The first-order valence-electron chi connectivity index (χ1n) is 5.35. The molecule has 0 bridgehead atoms. The van der Waals surface area contributed by atoms with E-state index in [1.54, 1.807) is 6.08 Å². The third-order valence-corrected chi connectivity index (χ3v) is 4.59. The van der Waals surface area contributed by atoms with Crippen molar-refractivity contribution in [3.63, 3.8) is 0 Å². The topological polar surface area (TPSA) is 20.2 Å². The van der Waals surface area contributed by atoms with Gasteiger partial charge >= 0.3 is 0 Å². The van der Waals surface area contributed by atoms with Crippen LogP contribution in [0.15, 0.2) is 36.9 Å². The molecule has 0 aromatic heterocycles. The minimum Gasteiger partial charge on any atom is -0.388 e. The van der Waals surface area contributed by atoms with Crippen LogP contribution < -0.4 is 5.19 Å². The van der Waals surface area contributed by atoms with Crippen molar-refractivity contribution in [3.05, 3.63) is 42.5 Å². The second kappa shape index (κ2) is 4.77. The third-order valence-electron chi connectivity index (χ3n) is 2.52. The van der Waals surface area contributed by atoms with Crippen molar-refractivity contribution in [2.75, 3.05) is 0 Å². The number of hydrogen-bond acceptors (Lipinski definition) is 1. The zero-order valence-electron chi connectivity index (χ0n) is 9.83. The molecule has 0 aliphatic heterocycles. The summed E-state index contributed by atoms with van der Waals surface area (Å²) in [6.07, 6.45) is 2.00. The lowest BCUT2D eigenvalue weighted by Gasteiger charge is -2.23. The van der Waals surface area contributed by atoms with Gasteiger partial charge in [-0.15, -0.1) is 6.58 Å². The van der Waals surface area contributed by atoms with Crippen LogP contribution in [-0.4, -0.2) is 13.2 Å². The lowest BCUT2D eigenvalue weighted by molar-refractivity contribution is 0.182. The van der Waals surface area contributed by atoms with Gasteiger partial charge in [0.25, 0.3) is 0 Å². The molecule has 1 aromatic carbocycles. The van der Waals surface area contributed by atoms with E-state index in [0.717, 1.165) is 5.56 Å². The van der Waals surface area contributed by atoms with E-state index in [4.69, 9.17) is 0 Å². The van der Waals surface area contributed by atoms with Crippen LogP contribution in [-0.2, 0) is 0 Å². The van der Waals surface area contributed by atoms with Crippen LogP contribution in [0, 0.1) is 0 Å². The van der Waals surface area contributed by atoms with Gasteiger partial charge in [0.15, 0.2) is 0 Å². The summed E-state index contributed by atoms with van der Waals surface area (Å²) in [4.78, 5) is 0. The zero-order valence-corrected chi connectivity index (χ0v) is 10.8. The highest BCUT2D eigenvalue weighted by molar-refractivity contribution is 6.89. The second-order valence-electron chi connectivity index (χ2n) is 4.88. The second-order valence-corrected chi connectivity index (χ2v) is 9.92. The minimum absolute atomic E-state index is 0.398. The SMILES string of the molecule is C=CCC(O)c1ccccc1[Si](C)(C)C. The highest BCUT2D eigenvalue weighted by Crippen LogP contribution is 2.18. The molecule has 2 heteroatoms. The van der Waals surface area contributed by atoms with Gasteiger partial charge in [0.2, 0.25) is 0 Å². The van der Waals surface area contributed by atoms with E-state index in [2.05, 4.69) is 38.4 Å². The lowest BCUT2D eigenvalue weighted by Crippen LogP contribution is -2.40. The van der Waals surface area contributed by atoms with Gasteiger partial charge in [-0.25, -0.2) is 0 Å². The number of aliphatic hydroxyl groups excluding tert-OH is 1. The molecule has 82 valence electrons. The maximum Gasteiger partial charge on any atom is 0.0823 e. The van der Waals surface area contributed by atoms with Gasteiger partial charge in [-0.05, 0) is 12.0 Å². The van der Waals surface area contributed by atoms with Crippen LogP contribution in [0.4, 0.5) is 0 Å². The van der Waals surface area contributed by atoms with Crippen LogP contribution in [0.3, 0.4) is 0 Å². The van der Waals surface area contributed by atoms with E-state index in [-0.39, 0.29) is 0 Å². The number of hydrogen-bond donors (Lipinski definition) is 1. The maximum atomic E-state index is 10.0. The van der Waals surface area contributed by atoms with Gasteiger partial charge in [-0.2, -0.15) is 0 Å². The summed E-state index contributed by atoms with van der Waals surface area (Å²) in [7, 11) is -1.36. The maximum absolute atomic E-state index is 10.0. The van der Waals surface area contributed by atoms with Crippen LogP contribution in [0.25, 0.3) is 0 Å². The molecule has 1 atom stereocenters. The van der Waals surface area contributed by atoms with E-state index in [1.807, 2.05) is 12.1 Å². The van der Waals surface area contributed by atoms with Crippen molar-refractivity contribution in [2.24, 2.45) is 0 Å².